The number of nitrogens with zero attached hydrogens (tertiary/aromatic N) is 1. The standard InChI is InChI=1S/C30H30F2N4O7/c1-30-10-18(37)21(28(34)42)26(41)22(30)25(40)20-15(27(30)33)8-14-17(36(2)3)9-16(23(38)19(14)24(20)39)35-11-12-4-6-13(7-5-12)43-29(31)32/h4-7,9,15,22,29,33,35,37-38,40H,8,10-11H2,1-3H3,(H2,34,42)/t15?,22?,30-/m0/s1. The molecule has 43 heavy (non-hydrogen) atoms. The van der Waals surface area contributed by atoms with Gasteiger partial charge in [0.05, 0.1) is 17.2 Å². The summed E-state index contributed by atoms with van der Waals surface area (Å²) in [7, 11) is 3.48. The topological polar surface area (TPSA) is 186 Å². The SMILES string of the molecule is CN(C)c1cc(NCc2ccc(OC(F)F)cc2)c(O)c2c1CC1C(=N)[C@@]3(C)CC(O)=C(C(N)=O)C(=O)C3C(O)=C1C2=O. The lowest BCUT2D eigenvalue weighted by molar-refractivity contribution is -0.126. The van der Waals surface area contributed by atoms with Gasteiger partial charge in [0.15, 0.2) is 11.6 Å². The van der Waals surface area contributed by atoms with E-state index in [-0.39, 0.29) is 47.7 Å². The Morgan fingerprint density at radius 1 is 1.21 bits per heavy atom. The van der Waals surface area contributed by atoms with Gasteiger partial charge in [0.2, 0.25) is 0 Å². The number of halogens is 2. The number of amides is 1. The first-order chi connectivity index (χ1) is 20.2. The van der Waals surface area contributed by atoms with Crippen molar-refractivity contribution in [1.29, 1.82) is 5.41 Å². The van der Waals surface area contributed by atoms with Crippen LogP contribution in [0.4, 0.5) is 20.2 Å². The summed E-state index contributed by atoms with van der Waals surface area (Å²) in [6.45, 7) is -1.30. The Morgan fingerprint density at radius 3 is 2.44 bits per heavy atom. The van der Waals surface area contributed by atoms with Crippen LogP contribution in [-0.2, 0) is 22.6 Å². The zero-order valence-electron chi connectivity index (χ0n) is 23.5. The molecule has 0 bridgehead atoms. The molecule has 1 amide bonds. The molecule has 11 nitrogen and oxygen atoms in total. The van der Waals surface area contributed by atoms with E-state index in [2.05, 4.69) is 10.1 Å². The molecular formula is C30H30F2N4O7. The van der Waals surface area contributed by atoms with Gasteiger partial charge in [0.25, 0.3) is 5.91 Å². The summed E-state index contributed by atoms with van der Waals surface area (Å²) in [5.74, 6) is -7.01. The van der Waals surface area contributed by atoms with E-state index in [9.17, 15) is 38.5 Å². The minimum absolute atomic E-state index is 0.0160. The number of allylic oxidation sites excluding steroid dienone is 3. The number of fused-ring (bicyclic) bond motifs is 3. The first-order valence-corrected chi connectivity index (χ1v) is 13.3. The largest absolute Gasteiger partial charge is 0.511 e. The monoisotopic (exact) mass is 596 g/mol. The van der Waals surface area contributed by atoms with Crippen molar-refractivity contribution in [1.82, 2.24) is 0 Å². The highest BCUT2D eigenvalue weighted by Gasteiger charge is 2.59. The van der Waals surface area contributed by atoms with Crippen LogP contribution in [-0.4, -0.2) is 59.2 Å². The van der Waals surface area contributed by atoms with Crippen molar-refractivity contribution in [3.8, 4) is 11.5 Å². The number of ketones is 2. The Bertz CT molecular complexity index is 1650. The Kier molecular flexibility index (Phi) is 7.15. The van der Waals surface area contributed by atoms with Gasteiger partial charge in [-0.1, -0.05) is 19.1 Å². The Balaban J connectivity index is 1.57. The Morgan fingerprint density at radius 2 is 1.86 bits per heavy atom. The zero-order chi connectivity index (χ0) is 31.5. The predicted molar refractivity (Wildman–Crippen MR) is 152 cm³/mol. The molecule has 2 unspecified atom stereocenters. The minimum Gasteiger partial charge on any atom is -0.511 e. The fraction of sp³-hybridized carbons (Fsp3) is 0.333. The van der Waals surface area contributed by atoms with E-state index in [1.54, 1.807) is 37.2 Å². The summed E-state index contributed by atoms with van der Waals surface area (Å²) in [4.78, 5) is 41.1. The lowest BCUT2D eigenvalue weighted by Crippen LogP contribution is -2.54. The molecule has 0 aromatic heterocycles. The van der Waals surface area contributed by atoms with Crippen molar-refractivity contribution in [2.45, 2.75) is 32.9 Å². The average Bonchev–Trinajstić information content (AvgIpc) is 2.91. The number of Topliss-reactive ketones (excluding diaryl/α,β-unsaturated/α-hetero) is 2. The quantitative estimate of drug-likeness (QED) is 0.204. The van der Waals surface area contributed by atoms with Gasteiger partial charge in [-0.25, -0.2) is 0 Å². The number of alkyl halides is 2. The Labute approximate surface area is 244 Å². The second-order valence-electron chi connectivity index (χ2n) is 11.3. The summed E-state index contributed by atoms with van der Waals surface area (Å²) in [6.07, 6.45) is -0.269. The molecule has 0 spiro atoms. The van der Waals surface area contributed by atoms with Crippen molar-refractivity contribution in [2.75, 3.05) is 24.3 Å². The zero-order valence-corrected chi connectivity index (χ0v) is 23.5. The first kappa shape index (κ1) is 29.5. The van der Waals surface area contributed by atoms with Crippen LogP contribution in [0.25, 0.3) is 0 Å². The molecule has 13 heteroatoms. The number of phenols is 1. The highest BCUT2D eigenvalue weighted by Crippen LogP contribution is 2.55. The number of hydrogen-bond donors (Lipinski definition) is 6. The second kappa shape index (κ2) is 10.4. The maximum absolute atomic E-state index is 14.1. The maximum Gasteiger partial charge on any atom is 0.387 e. The third-order valence-electron chi connectivity index (χ3n) is 8.45. The number of aromatic hydroxyl groups is 1. The summed E-state index contributed by atoms with van der Waals surface area (Å²) in [5, 5.41) is 45.4. The molecular weight excluding hydrogens is 566 g/mol. The number of primary amides is 1. The van der Waals surface area contributed by atoms with Crippen LogP contribution in [0.1, 0.15) is 34.8 Å². The Hall–Kier alpha value is -4.94. The minimum atomic E-state index is -2.96. The van der Waals surface area contributed by atoms with Crippen LogP contribution >= 0.6 is 0 Å². The number of aliphatic hydroxyl groups is 2. The number of nitrogens with one attached hydrogen (secondary N) is 2. The summed E-state index contributed by atoms with van der Waals surface area (Å²) in [5.41, 5.74) is 4.63. The van der Waals surface area contributed by atoms with Crippen LogP contribution in [0.3, 0.4) is 0 Å². The highest BCUT2D eigenvalue weighted by molar-refractivity contribution is 6.25. The number of benzene rings is 2. The van der Waals surface area contributed by atoms with E-state index < -0.39 is 64.2 Å². The van der Waals surface area contributed by atoms with E-state index in [1.165, 1.54) is 19.1 Å². The molecule has 3 aliphatic rings. The third-order valence-corrected chi connectivity index (χ3v) is 8.45. The number of hydrogen-bond acceptors (Lipinski definition) is 10. The molecule has 2 aromatic rings. The number of nitrogens with two attached hydrogens (primary N) is 1. The molecule has 7 N–H and O–H groups in total. The smallest absolute Gasteiger partial charge is 0.387 e. The van der Waals surface area contributed by atoms with Crippen molar-refractivity contribution < 1.29 is 43.2 Å². The van der Waals surface area contributed by atoms with E-state index in [0.29, 0.717) is 16.8 Å². The lowest BCUT2D eigenvalue weighted by atomic mass is 9.54. The van der Waals surface area contributed by atoms with Gasteiger partial charge in [0, 0.05) is 55.4 Å². The predicted octanol–water partition coefficient (Wildman–Crippen LogP) is 3.76. The number of ether oxygens (including phenoxy) is 1. The lowest BCUT2D eigenvalue weighted by Gasteiger charge is -2.48. The van der Waals surface area contributed by atoms with Crippen LogP contribution in [0.15, 0.2) is 53.0 Å². The highest BCUT2D eigenvalue weighted by atomic mass is 19.3. The molecule has 0 fully saturated rings. The number of aliphatic hydroxyl groups excluding tert-OH is 2. The number of phenolic OH excluding ortho intramolecular Hbond substituents is 1. The molecule has 0 aliphatic heterocycles. The van der Waals surface area contributed by atoms with Crippen molar-refractivity contribution >= 4 is 34.6 Å². The van der Waals surface area contributed by atoms with Gasteiger partial charge < -0.3 is 41.4 Å². The van der Waals surface area contributed by atoms with Crippen LogP contribution < -0.4 is 20.7 Å². The van der Waals surface area contributed by atoms with E-state index in [0.717, 1.165) is 0 Å². The van der Waals surface area contributed by atoms with Crippen molar-refractivity contribution in [3.63, 3.8) is 0 Å². The van der Waals surface area contributed by atoms with Gasteiger partial charge in [0.1, 0.15) is 28.6 Å². The van der Waals surface area contributed by atoms with Gasteiger partial charge in [-0.05, 0) is 35.7 Å². The molecule has 3 aliphatic carbocycles. The molecule has 0 heterocycles. The molecule has 0 saturated carbocycles. The first-order valence-electron chi connectivity index (χ1n) is 13.3. The number of anilines is 2. The molecule has 0 saturated heterocycles. The average molecular weight is 597 g/mol. The van der Waals surface area contributed by atoms with Gasteiger partial charge in [-0.3, -0.25) is 14.4 Å². The molecule has 2 aromatic carbocycles. The number of rotatable bonds is 7. The molecule has 5 rings (SSSR count). The van der Waals surface area contributed by atoms with Crippen molar-refractivity contribution in [3.05, 3.63) is 69.7 Å². The normalized spacial score (nSPS) is 23.2. The van der Waals surface area contributed by atoms with Gasteiger partial charge in [-0.15, -0.1) is 0 Å². The fourth-order valence-electron chi connectivity index (χ4n) is 6.42. The molecule has 0 radical (unpaired) electrons. The van der Waals surface area contributed by atoms with Crippen LogP contribution in [0.2, 0.25) is 0 Å². The van der Waals surface area contributed by atoms with Gasteiger partial charge >= 0.3 is 6.61 Å². The fourth-order valence-corrected chi connectivity index (χ4v) is 6.42. The van der Waals surface area contributed by atoms with Gasteiger partial charge in [-0.2, -0.15) is 8.78 Å². The third kappa shape index (κ3) is 4.64. The second-order valence-corrected chi connectivity index (χ2v) is 11.3. The maximum atomic E-state index is 14.1. The molecule has 226 valence electrons. The van der Waals surface area contributed by atoms with E-state index in [1.807, 2.05) is 0 Å². The van der Waals surface area contributed by atoms with E-state index in [4.69, 9.17) is 11.1 Å². The summed E-state index contributed by atoms with van der Waals surface area (Å²) < 4.78 is 29.3. The number of carbonyl (C=O) groups excluding carboxylic acids is 3. The van der Waals surface area contributed by atoms with Crippen molar-refractivity contribution in [2.24, 2.45) is 23.0 Å². The number of carbonyl (C=O) groups is 3. The summed E-state index contributed by atoms with van der Waals surface area (Å²) >= 11 is 0. The van der Waals surface area contributed by atoms with Crippen LogP contribution in [0.5, 0.6) is 11.5 Å². The van der Waals surface area contributed by atoms with Crippen LogP contribution in [0, 0.1) is 22.7 Å². The molecule has 3 atom stereocenters. The summed E-state index contributed by atoms with van der Waals surface area (Å²) in [6, 6.07) is 7.50. The van der Waals surface area contributed by atoms with E-state index >= 15 is 0 Å².